The Hall–Kier alpha value is -2.85. The van der Waals surface area contributed by atoms with Gasteiger partial charge in [-0.05, 0) is 29.7 Å². The molecular formula is C21H22FN3O5. The van der Waals surface area contributed by atoms with E-state index in [0.717, 1.165) is 27.6 Å². The number of halogens is 1. The number of hydrogen-bond donors (Lipinski definition) is 3. The lowest BCUT2D eigenvalue weighted by molar-refractivity contribution is -0.0606. The molecule has 0 unspecified atom stereocenters. The van der Waals surface area contributed by atoms with E-state index in [0.29, 0.717) is 18.0 Å². The Balaban J connectivity index is 1.75. The van der Waals surface area contributed by atoms with E-state index in [1.807, 2.05) is 10.8 Å². The summed E-state index contributed by atoms with van der Waals surface area (Å²) in [5.74, 6) is -0.859. The molecule has 30 heavy (non-hydrogen) atoms. The van der Waals surface area contributed by atoms with Crippen molar-refractivity contribution in [3.63, 3.8) is 0 Å². The summed E-state index contributed by atoms with van der Waals surface area (Å²) >= 11 is 0. The Morgan fingerprint density at radius 3 is 2.77 bits per heavy atom. The largest absolute Gasteiger partial charge is 0.394 e. The quantitative estimate of drug-likeness (QED) is 0.505. The van der Waals surface area contributed by atoms with Crippen LogP contribution >= 0.6 is 0 Å². The molecule has 0 radical (unpaired) electrons. The number of aromatic nitrogens is 2. The molecule has 1 aliphatic heterocycles. The van der Waals surface area contributed by atoms with Crippen molar-refractivity contribution in [2.75, 3.05) is 19.8 Å². The third-order valence-electron chi connectivity index (χ3n) is 5.16. The van der Waals surface area contributed by atoms with Gasteiger partial charge in [-0.3, -0.25) is 10.0 Å². The van der Waals surface area contributed by atoms with Crippen LogP contribution in [0.4, 0.5) is 4.39 Å². The zero-order chi connectivity index (χ0) is 21.3. The molecule has 3 aromatic rings. The van der Waals surface area contributed by atoms with Gasteiger partial charge in [-0.2, -0.15) is 0 Å². The molecule has 9 heteroatoms. The highest BCUT2D eigenvalue weighted by Crippen LogP contribution is 2.31. The fraction of sp³-hybridized carbons (Fsp3) is 0.333. The van der Waals surface area contributed by atoms with Crippen LogP contribution in [0, 0.1) is 5.82 Å². The smallest absolute Gasteiger partial charge is 0.296 e. The topological polar surface area (TPSA) is 108 Å². The molecule has 0 aliphatic carbocycles. The van der Waals surface area contributed by atoms with Crippen molar-refractivity contribution in [1.82, 2.24) is 14.6 Å². The molecule has 0 spiro atoms. The van der Waals surface area contributed by atoms with Crippen LogP contribution in [-0.2, 0) is 24.3 Å². The van der Waals surface area contributed by atoms with Crippen molar-refractivity contribution in [1.29, 1.82) is 0 Å². The van der Waals surface area contributed by atoms with Crippen LogP contribution in [0.5, 0.6) is 0 Å². The number of carbonyl (C=O) groups excluding carboxylic acids is 1. The average molecular weight is 415 g/mol. The fourth-order valence-electron chi connectivity index (χ4n) is 3.69. The van der Waals surface area contributed by atoms with Crippen LogP contribution < -0.4 is 0 Å². The number of pyridine rings is 1. The zero-order valence-electron chi connectivity index (χ0n) is 16.2. The van der Waals surface area contributed by atoms with E-state index in [-0.39, 0.29) is 31.3 Å². The van der Waals surface area contributed by atoms with Crippen molar-refractivity contribution >= 4 is 16.8 Å². The molecule has 0 bridgehead atoms. The summed E-state index contributed by atoms with van der Waals surface area (Å²) in [6, 6.07) is 6.20. The molecule has 8 nitrogen and oxygen atoms in total. The van der Waals surface area contributed by atoms with E-state index in [1.54, 1.807) is 18.3 Å². The highest BCUT2D eigenvalue weighted by Gasteiger charge is 2.28. The number of rotatable bonds is 7. The lowest BCUT2D eigenvalue weighted by atomic mass is 9.99. The van der Waals surface area contributed by atoms with Crippen molar-refractivity contribution in [3.05, 3.63) is 64.9 Å². The number of hydrogen-bond acceptors (Lipinski definition) is 6. The highest BCUT2D eigenvalue weighted by molar-refractivity contribution is 6.00. The molecule has 0 saturated carbocycles. The first kappa shape index (κ1) is 20.4. The summed E-state index contributed by atoms with van der Waals surface area (Å²) in [4.78, 5) is 16.6. The SMILES string of the molecule is O=C1c2ncc3c(c(COC[C@H](O)CO)cn3Cc3ccc(F)cc3)c2CCN1O. The normalized spacial score (nSPS) is 14.9. The van der Waals surface area contributed by atoms with E-state index in [2.05, 4.69) is 4.98 Å². The number of aliphatic hydroxyl groups excluding tert-OH is 2. The first-order chi connectivity index (χ1) is 14.5. The number of nitrogens with zero attached hydrogens (tertiary/aromatic N) is 3. The number of amides is 1. The van der Waals surface area contributed by atoms with Gasteiger partial charge in [0.25, 0.3) is 5.91 Å². The molecule has 1 amide bonds. The van der Waals surface area contributed by atoms with Gasteiger partial charge < -0.3 is 19.5 Å². The monoisotopic (exact) mass is 415 g/mol. The van der Waals surface area contributed by atoms with E-state index in [1.165, 1.54) is 12.1 Å². The zero-order valence-corrected chi connectivity index (χ0v) is 16.2. The maximum absolute atomic E-state index is 13.2. The second kappa shape index (κ2) is 8.49. The summed E-state index contributed by atoms with van der Waals surface area (Å²) in [5.41, 5.74) is 3.43. The molecule has 0 saturated heterocycles. The second-order valence-electron chi connectivity index (χ2n) is 7.28. The predicted octanol–water partition coefficient (Wildman–Crippen LogP) is 1.48. The van der Waals surface area contributed by atoms with Gasteiger partial charge in [0.05, 0.1) is 38.1 Å². The number of carbonyl (C=O) groups is 1. The number of hydroxylamine groups is 2. The predicted molar refractivity (Wildman–Crippen MR) is 105 cm³/mol. The number of fused-ring (bicyclic) bond motifs is 3. The lowest BCUT2D eigenvalue weighted by Crippen LogP contribution is -2.35. The third kappa shape index (κ3) is 3.92. The van der Waals surface area contributed by atoms with Crippen LogP contribution in [0.15, 0.2) is 36.7 Å². The summed E-state index contributed by atoms with van der Waals surface area (Å²) in [6.07, 6.45) is 2.94. The lowest BCUT2D eigenvalue weighted by Gasteiger charge is -2.23. The highest BCUT2D eigenvalue weighted by atomic mass is 19.1. The first-order valence-electron chi connectivity index (χ1n) is 9.59. The number of benzene rings is 1. The van der Waals surface area contributed by atoms with E-state index < -0.39 is 18.6 Å². The minimum atomic E-state index is -0.974. The maximum Gasteiger partial charge on any atom is 0.296 e. The van der Waals surface area contributed by atoms with E-state index in [4.69, 9.17) is 9.84 Å². The van der Waals surface area contributed by atoms with E-state index >= 15 is 0 Å². The number of aliphatic hydroxyl groups is 2. The van der Waals surface area contributed by atoms with Gasteiger partial charge in [0, 0.05) is 23.7 Å². The second-order valence-corrected chi connectivity index (χ2v) is 7.28. The summed E-state index contributed by atoms with van der Waals surface area (Å²) in [7, 11) is 0. The Labute approximate surface area is 171 Å². The van der Waals surface area contributed by atoms with Crippen LogP contribution in [0.25, 0.3) is 10.9 Å². The molecule has 1 aromatic carbocycles. The average Bonchev–Trinajstić information content (AvgIpc) is 3.10. The molecule has 1 atom stereocenters. The third-order valence-corrected chi connectivity index (χ3v) is 5.16. The molecule has 0 fully saturated rings. The van der Waals surface area contributed by atoms with Crippen LogP contribution in [0.1, 0.15) is 27.2 Å². The van der Waals surface area contributed by atoms with Crippen LogP contribution in [0.3, 0.4) is 0 Å². The Morgan fingerprint density at radius 1 is 1.27 bits per heavy atom. The van der Waals surface area contributed by atoms with Crippen molar-refractivity contribution in [3.8, 4) is 0 Å². The van der Waals surface area contributed by atoms with Gasteiger partial charge >= 0.3 is 0 Å². The minimum Gasteiger partial charge on any atom is -0.394 e. The molecular weight excluding hydrogens is 393 g/mol. The Bertz CT molecular complexity index is 1070. The Kier molecular flexibility index (Phi) is 5.78. The van der Waals surface area contributed by atoms with Crippen LogP contribution in [-0.4, -0.2) is 61.8 Å². The van der Waals surface area contributed by atoms with Gasteiger partial charge in [-0.25, -0.2) is 14.4 Å². The van der Waals surface area contributed by atoms with E-state index in [9.17, 15) is 19.5 Å². The van der Waals surface area contributed by atoms with Crippen molar-refractivity contribution in [2.24, 2.45) is 0 Å². The van der Waals surface area contributed by atoms with Gasteiger partial charge in [-0.1, -0.05) is 12.1 Å². The van der Waals surface area contributed by atoms with Gasteiger partial charge in [-0.15, -0.1) is 0 Å². The van der Waals surface area contributed by atoms with Gasteiger partial charge in [0.2, 0.25) is 0 Å². The van der Waals surface area contributed by atoms with Crippen molar-refractivity contribution < 1.29 is 29.3 Å². The minimum absolute atomic E-state index is 0.0300. The molecule has 1 aliphatic rings. The molecule has 158 valence electrons. The maximum atomic E-state index is 13.2. The molecule has 3 heterocycles. The van der Waals surface area contributed by atoms with Gasteiger partial charge in [0.1, 0.15) is 17.6 Å². The summed E-state index contributed by atoms with van der Waals surface area (Å²) < 4.78 is 20.8. The summed E-state index contributed by atoms with van der Waals surface area (Å²) in [6.45, 7) is 0.373. The Morgan fingerprint density at radius 2 is 2.03 bits per heavy atom. The molecule has 4 rings (SSSR count). The van der Waals surface area contributed by atoms with Crippen LogP contribution in [0.2, 0.25) is 0 Å². The van der Waals surface area contributed by atoms with Crippen molar-refractivity contribution in [2.45, 2.75) is 25.7 Å². The molecule has 2 aromatic heterocycles. The van der Waals surface area contributed by atoms with Gasteiger partial charge in [0.15, 0.2) is 0 Å². The summed E-state index contributed by atoms with van der Waals surface area (Å²) in [5, 5.41) is 29.7. The fourth-order valence-corrected chi connectivity index (χ4v) is 3.69. The first-order valence-corrected chi connectivity index (χ1v) is 9.59. The standard InChI is InChI=1S/C21H22FN3O5/c22-15-3-1-13(2-4-15)8-24-9-14(11-30-12-16(27)10-26)19-17-5-6-25(29)21(28)20(17)23-7-18(19)24/h1-4,7,9,16,26-27,29H,5-6,8,10-12H2/t16-/m1/s1. The molecule has 3 N–H and O–H groups in total. The number of ether oxygens (including phenoxy) is 1.